The smallest absolute Gasteiger partial charge is 0.425 e. The topological polar surface area (TPSA) is 45.2 Å². The minimum atomic E-state index is -4.53. The molecule has 1 spiro atoms. The standard InChI is InChI=1S/C24H34F3N3O3/c1-18-3-4-20(15-21(18)29-11-13-32-14-12-29)16-28-8-5-23(17-28)6-9-30(10-7-23)22(31)33-19(2)24(25,26)27/h3-4,15,19H,5-14,16-17H2,1-2H3. The Labute approximate surface area is 193 Å². The minimum absolute atomic E-state index is 0.129. The molecule has 0 bridgehead atoms. The molecule has 1 aromatic carbocycles. The van der Waals surface area contributed by atoms with Crippen LogP contribution < -0.4 is 4.90 Å². The molecule has 184 valence electrons. The van der Waals surface area contributed by atoms with Gasteiger partial charge in [-0.3, -0.25) is 4.90 Å². The summed E-state index contributed by atoms with van der Waals surface area (Å²) < 4.78 is 48.1. The lowest BCUT2D eigenvalue weighted by Gasteiger charge is -2.39. The van der Waals surface area contributed by atoms with Crippen LogP contribution in [0, 0.1) is 12.3 Å². The monoisotopic (exact) mass is 469 g/mol. The number of halogens is 3. The van der Waals surface area contributed by atoms with Gasteiger partial charge in [-0.2, -0.15) is 13.2 Å². The van der Waals surface area contributed by atoms with Gasteiger partial charge >= 0.3 is 12.3 Å². The van der Waals surface area contributed by atoms with Crippen molar-refractivity contribution in [3.8, 4) is 0 Å². The van der Waals surface area contributed by atoms with E-state index < -0.39 is 18.4 Å². The largest absolute Gasteiger partial charge is 0.437 e. The van der Waals surface area contributed by atoms with Crippen molar-refractivity contribution in [2.75, 3.05) is 57.4 Å². The van der Waals surface area contributed by atoms with Crippen LogP contribution in [-0.4, -0.2) is 80.7 Å². The second-order valence-corrected chi connectivity index (χ2v) is 9.74. The van der Waals surface area contributed by atoms with Gasteiger partial charge in [0.2, 0.25) is 0 Å². The molecule has 3 fully saturated rings. The van der Waals surface area contributed by atoms with E-state index >= 15 is 0 Å². The average Bonchev–Trinajstić information content (AvgIpc) is 3.17. The normalized spacial score (nSPS) is 22.6. The van der Waals surface area contributed by atoms with Gasteiger partial charge in [-0.1, -0.05) is 12.1 Å². The number of nitrogens with zero attached hydrogens (tertiary/aromatic N) is 3. The number of benzene rings is 1. The van der Waals surface area contributed by atoms with Crippen LogP contribution in [0.5, 0.6) is 0 Å². The molecule has 3 aliphatic rings. The quantitative estimate of drug-likeness (QED) is 0.661. The number of hydrogen-bond acceptors (Lipinski definition) is 5. The number of carbonyl (C=O) groups excluding carboxylic acids is 1. The van der Waals surface area contributed by atoms with Crippen LogP contribution in [0.4, 0.5) is 23.7 Å². The Kier molecular flexibility index (Phi) is 7.09. The molecule has 1 aromatic rings. The molecule has 6 nitrogen and oxygen atoms in total. The third-order valence-corrected chi connectivity index (χ3v) is 7.37. The maximum Gasteiger partial charge on any atom is 0.425 e. The number of rotatable bonds is 4. The Hall–Kier alpha value is -2.00. The summed E-state index contributed by atoms with van der Waals surface area (Å²) in [5.41, 5.74) is 3.98. The number of likely N-dealkylation sites (tertiary alicyclic amines) is 2. The molecule has 0 radical (unpaired) electrons. The molecule has 0 aliphatic carbocycles. The van der Waals surface area contributed by atoms with Crippen LogP contribution in [0.2, 0.25) is 0 Å². The molecule has 1 unspecified atom stereocenters. The third kappa shape index (κ3) is 5.74. The second kappa shape index (κ2) is 9.70. The van der Waals surface area contributed by atoms with E-state index in [9.17, 15) is 18.0 Å². The number of hydrogen-bond donors (Lipinski definition) is 0. The van der Waals surface area contributed by atoms with Crippen LogP contribution >= 0.6 is 0 Å². The van der Waals surface area contributed by atoms with E-state index in [0.29, 0.717) is 13.1 Å². The van der Waals surface area contributed by atoms with E-state index in [1.807, 2.05) is 0 Å². The van der Waals surface area contributed by atoms with Gasteiger partial charge in [0.1, 0.15) is 0 Å². The predicted octanol–water partition coefficient (Wildman–Crippen LogP) is 4.21. The molecule has 33 heavy (non-hydrogen) atoms. The van der Waals surface area contributed by atoms with Crippen LogP contribution in [-0.2, 0) is 16.0 Å². The molecule has 4 rings (SSSR count). The number of aryl methyl sites for hydroxylation is 1. The molecule has 0 saturated carbocycles. The van der Waals surface area contributed by atoms with Crippen molar-refractivity contribution in [2.45, 2.75) is 51.9 Å². The third-order valence-electron chi connectivity index (χ3n) is 7.37. The number of piperidine rings is 1. The van der Waals surface area contributed by atoms with E-state index in [1.165, 1.54) is 21.7 Å². The number of anilines is 1. The van der Waals surface area contributed by atoms with Gasteiger partial charge in [-0.05, 0) is 62.3 Å². The summed E-state index contributed by atoms with van der Waals surface area (Å²) in [6.45, 7) is 10.1. The lowest BCUT2D eigenvalue weighted by Crippen LogP contribution is -2.46. The van der Waals surface area contributed by atoms with Crippen molar-refractivity contribution in [2.24, 2.45) is 5.41 Å². The van der Waals surface area contributed by atoms with Crippen molar-refractivity contribution < 1.29 is 27.4 Å². The summed E-state index contributed by atoms with van der Waals surface area (Å²) in [7, 11) is 0. The van der Waals surface area contributed by atoms with Crippen LogP contribution in [0.25, 0.3) is 0 Å². The highest BCUT2D eigenvalue weighted by molar-refractivity contribution is 5.68. The zero-order valence-electron chi connectivity index (χ0n) is 19.5. The zero-order chi connectivity index (χ0) is 23.6. The van der Waals surface area contributed by atoms with Crippen molar-refractivity contribution in [3.05, 3.63) is 29.3 Å². The molecule has 1 atom stereocenters. The number of carbonyl (C=O) groups is 1. The van der Waals surface area contributed by atoms with E-state index in [4.69, 9.17) is 4.74 Å². The molecule has 3 saturated heterocycles. The first kappa shape index (κ1) is 24.1. The maximum atomic E-state index is 12.7. The van der Waals surface area contributed by atoms with E-state index in [1.54, 1.807) is 0 Å². The SMILES string of the molecule is Cc1ccc(CN2CCC3(CCN(C(=O)OC(C)C(F)(F)F)CC3)C2)cc1N1CCOCC1. The van der Waals surface area contributed by atoms with Gasteiger partial charge in [-0.25, -0.2) is 4.79 Å². The first-order chi connectivity index (χ1) is 15.7. The molecule has 0 N–H and O–H groups in total. The second-order valence-electron chi connectivity index (χ2n) is 9.74. The molecule has 3 aliphatic heterocycles. The predicted molar refractivity (Wildman–Crippen MR) is 119 cm³/mol. The summed E-state index contributed by atoms with van der Waals surface area (Å²) in [5.74, 6) is 0. The molecule has 0 aromatic heterocycles. The summed E-state index contributed by atoms with van der Waals surface area (Å²) in [6.07, 6.45) is -4.83. The fraction of sp³-hybridized carbons (Fsp3) is 0.708. The number of ether oxygens (including phenoxy) is 2. The Balaban J connectivity index is 1.30. The fourth-order valence-corrected chi connectivity index (χ4v) is 5.18. The van der Waals surface area contributed by atoms with Crippen molar-refractivity contribution in [1.29, 1.82) is 0 Å². The number of alkyl halides is 3. The molecule has 9 heteroatoms. The van der Waals surface area contributed by atoms with Gasteiger partial charge in [0, 0.05) is 45.0 Å². The first-order valence-corrected chi connectivity index (χ1v) is 11.8. The van der Waals surface area contributed by atoms with Crippen molar-refractivity contribution in [3.63, 3.8) is 0 Å². The van der Waals surface area contributed by atoms with E-state index in [0.717, 1.165) is 72.1 Å². The van der Waals surface area contributed by atoms with Gasteiger partial charge in [0.25, 0.3) is 0 Å². The van der Waals surface area contributed by atoms with Crippen molar-refractivity contribution >= 4 is 11.8 Å². The molecule has 1 amide bonds. The van der Waals surface area contributed by atoms with E-state index in [-0.39, 0.29) is 5.41 Å². The van der Waals surface area contributed by atoms with Gasteiger partial charge in [0.15, 0.2) is 6.10 Å². The summed E-state index contributed by atoms with van der Waals surface area (Å²) in [4.78, 5) is 18.4. The summed E-state index contributed by atoms with van der Waals surface area (Å²) in [5, 5.41) is 0. The molecular weight excluding hydrogens is 435 g/mol. The van der Waals surface area contributed by atoms with E-state index in [2.05, 4.69) is 39.7 Å². The lowest BCUT2D eigenvalue weighted by molar-refractivity contribution is -0.200. The van der Waals surface area contributed by atoms with Crippen LogP contribution in [0.15, 0.2) is 18.2 Å². The zero-order valence-corrected chi connectivity index (χ0v) is 19.5. The highest BCUT2D eigenvalue weighted by atomic mass is 19.4. The number of amides is 1. The Bertz CT molecular complexity index is 834. The van der Waals surface area contributed by atoms with Crippen molar-refractivity contribution in [1.82, 2.24) is 9.80 Å². The average molecular weight is 470 g/mol. The Morgan fingerprint density at radius 2 is 1.79 bits per heavy atom. The Morgan fingerprint density at radius 1 is 1.12 bits per heavy atom. The molecular formula is C24H34F3N3O3. The molecule has 3 heterocycles. The highest BCUT2D eigenvalue weighted by Gasteiger charge is 2.43. The highest BCUT2D eigenvalue weighted by Crippen LogP contribution is 2.41. The first-order valence-electron chi connectivity index (χ1n) is 11.8. The minimum Gasteiger partial charge on any atom is -0.437 e. The summed E-state index contributed by atoms with van der Waals surface area (Å²) >= 11 is 0. The lowest BCUT2D eigenvalue weighted by atomic mass is 9.78. The van der Waals surface area contributed by atoms with Crippen LogP contribution in [0.1, 0.15) is 37.3 Å². The van der Waals surface area contributed by atoms with Gasteiger partial charge in [0.05, 0.1) is 13.2 Å². The maximum absolute atomic E-state index is 12.7. The van der Waals surface area contributed by atoms with Gasteiger partial charge in [-0.15, -0.1) is 0 Å². The van der Waals surface area contributed by atoms with Crippen LogP contribution in [0.3, 0.4) is 0 Å². The Morgan fingerprint density at radius 3 is 2.45 bits per heavy atom. The summed E-state index contributed by atoms with van der Waals surface area (Å²) in [6, 6.07) is 6.69. The van der Waals surface area contributed by atoms with Gasteiger partial charge < -0.3 is 19.3 Å². The fourth-order valence-electron chi connectivity index (χ4n) is 5.18. The number of morpholine rings is 1.